The number of sulfonamides is 1. The third kappa shape index (κ3) is 5.07. The van der Waals surface area contributed by atoms with Gasteiger partial charge >= 0.3 is 0 Å². The van der Waals surface area contributed by atoms with Gasteiger partial charge in [-0.2, -0.15) is 0 Å². The molecule has 1 amide bonds. The summed E-state index contributed by atoms with van der Waals surface area (Å²) >= 11 is 1.48. The van der Waals surface area contributed by atoms with Crippen LogP contribution < -0.4 is 10.0 Å². The molecule has 2 aromatic carbocycles. The molecule has 3 aromatic rings. The number of benzene rings is 2. The van der Waals surface area contributed by atoms with Gasteiger partial charge in [0.2, 0.25) is 10.0 Å². The van der Waals surface area contributed by atoms with Crippen LogP contribution in [0.25, 0.3) is 0 Å². The van der Waals surface area contributed by atoms with Crippen molar-refractivity contribution in [1.29, 1.82) is 0 Å². The standard InChI is InChI=1S/C21H22N2O3S2/c1-15(2)16-6-3-8-18(12-16)23-21(24)17-7-4-10-20(13-17)28(25,26)22-14-19-9-5-11-27-19/h3-13,15,22H,14H2,1-2H3,(H,23,24). The summed E-state index contributed by atoms with van der Waals surface area (Å²) in [5.74, 6) is -0.00374. The molecule has 0 fully saturated rings. The van der Waals surface area contributed by atoms with Crippen LogP contribution in [0, 0.1) is 0 Å². The Morgan fingerprint density at radius 2 is 1.82 bits per heavy atom. The molecule has 146 valence electrons. The highest BCUT2D eigenvalue weighted by Gasteiger charge is 2.16. The first-order valence-corrected chi connectivity index (χ1v) is 11.2. The summed E-state index contributed by atoms with van der Waals surface area (Å²) in [6.07, 6.45) is 0. The fourth-order valence-corrected chi connectivity index (χ4v) is 4.43. The van der Waals surface area contributed by atoms with E-state index in [1.54, 1.807) is 12.1 Å². The first kappa shape index (κ1) is 20.3. The molecule has 3 rings (SSSR count). The van der Waals surface area contributed by atoms with Crippen molar-refractivity contribution in [2.45, 2.75) is 31.2 Å². The summed E-state index contributed by atoms with van der Waals surface area (Å²) in [4.78, 5) is 13.6. The van der Waals surface area contributed by atoms with Gasteiger partial charge in [-0.3, -0.25) is 4.79 Å². The van der Waals surface area contributed by atoms with E-state index in [2.05, 4.69) is 23.9 Å². The van der Waals surface area contributed by atoms with Gasteiger partial charge < -0.3 is 5.32 Å². The van der Waals surface area contributed by atoms with Gasteiger partial charge in [-0.1, -0.05) is 38.1 Å². The molecule has 0 bridgehead atoms. The van der Waals surface area contributed by atoms with E-state index in [9.17, 15) is 13.2 Å². The normalized spacial score (nSPS) is 11.5. The number of hydrogen-bond acceptors (Lipinski definition) is 4. The zero-order valence-corrected chi connectivity index (χ0v) is 17.3. The van der Waals surface area contributed by atoms with Crippen LogP contribution in [-0.2, 0) is 16.6 Å². The van der Waals surface area contributed by atoms with Crippen molar-refractivity contribution >= 4 is 33.0 Å². The number of nitrogens with one attached hydrogen (secondary N) is 2. The molecular weight excluding hydrogens is 392 g/mol. The Hall–Kier alpha value is -2.48. The molecule has 0 atom stereocenters. The van der Waals surface area contributed by atoms with Gasteiger partial charge in [-0.05, 0) is 53.3 Å². The molecule has 28 heavy (non-hydrogen) atoms. The number of rotatable bonds is 7. The predicted molar refractivity (Wildman–Crippen MR) is 113 cm³/mol. The van der Waals surface area contributed by atoms with Crippen LogP contribution in [0.1, 0.15) is 40.6 Å². The molecule has 0 radical (unpaired) electrons. The van der Waals surface area contributed by atoms with E-state index in [0.717, 1.165) is 10.4 Å². The number of carbonyl (C=O) groups is 1. The fraction of sp³-hybridized carbons (Fsp3) is 0.190. The Morgan fingerprint density at radius 3 is 2.54 bits per heavy atom. The Kier molecular flexibility index (Phi) is 6.28. The summed E-state index contributed by atoms with van der Waals surface area (Å²) in [6.45, 7) is 4.38. The molecule has 0 aliphatic heterocycles. The maximum Gasteiger partial charge on any atom is 0.255 e. The van der Waals surface area contributed by atoms with Gasteiger partial charge in [0, 0.05) is 22.7 Å². The molecule has 0 aliphatic rings. The highest BCUT2D eigenvalue weighted by Crippen LogP contribution is 2.20. The topological polar surface area (TPSA) is 75.3 Å². The first-order valence-electron chi connectivity index (χ1n) is 8.88. The Morgan fingerprint density at radius 1 is 1.04 bits per heavy atom. The third-order valence-corrected chi connectivity index (χ3v) is 6.51. The Labute approximate surface area is 169 Å². The fourth-order valence-electron chi connectivity index (χ4n) is 2.65. The van der Waals surface area contributed by atoms with Crippen molar-refractivity contribution in [2.24, 2.45) is 0 Å². The van der Waals surface area contributed by atoms with Crippen LogP contribution in [0.4, 0.5) is 5.69 Å². The van der Waals surface area contributed by atoms with Crippen molar-refractivity contribution in [3.63, 3.8) is 0 Å². The second-order valence-corrected chi connectivity index (χ2v) is 9.47. The predicted octanol–water partition coefficient (Wildman–Crippen LogP) is 4.60. The number of amides is 1. The van der Waals surface area contributed by atoms with Crippen LogP contribution in [0.5, 0.6) is 0 Å². The lowest BCUT2D eigenvalue weighted by Crippen LogP contribution is -2.23. The highest BCUT2D eigenvalue weighted by molar-refractivity contribution is 7.89. The number of thiophene rings is 1. The van der Waals surface area contributed by atoms with Gasteiger partial charge in [0.05, 0.1) is 4.90 Å². The quantitative estimate of drug-likeness (QED) is 0.593. The molecule has 0 aliphatic carbocycles. The van der Waals surface area contributed by atoms with Crippen LogP contribution in [0.2, 0.25) is 0 Å². The van der Waals surface area contributed by atoms with Crippen molar-refractivity contribution in [1.82, 2.24) is 4.72 Å². The van der Waals surface area contributed by atoms with Gasteiger partial charge in [0.25, 0.3) is 5.91 Å². The maximum atomic E-state index is 12.6. The SMILES string of the molecule is CC(C)c1cccc(NC(=O)c2cccc(S(=O)(=O)NCc3cccs3)c2)c1. The van der Waals surface area contributed by atoms with E-state index in [0.29, 0.717) is 11.6 Å². The average Bonchev–Trinajstić information content (AvgIpc) is 3.20. The minimum absolute atomic E-state index is 0.0626. The zero-order valence-electron chi connectivity index (χ0n) is 15.7. The van der Waals surface area contributed by atoms with E-state index in [1.165, 1.54) is 23.5 Å². The zero-order chi connectivity index (χ0) is 20.1. The van der Waals surface area contributed by atoms with Crippen LogP contribution in [-0.4, -0.2) is 14.3 Å². The second kappa shape index (κ2) is 8.68. The minimum atomic E-state index is -3.71. The minimum Gasteiger partial charge on any atom is -0.322 e. The Bertz CT molecular complexity index is 1060. The van der Waals surface area contributed by atoms with Gasteiger partial charge in [-0.25, -0.2) is 13.1 Å². The average molecular weight is 415 g/mol. The summed E-state index contributed by atoms with van der Waals surface area (Å²) < 4.78 is 27.6. The lowest BCUT2D eigenvalue weighted by atomic mass is 10.0. The molecule has 1 heterocycles. The largest absolute Gasteiger partial charge is 0.322 e. The molecule has 0 spiro atoms. The molecule has 0 unspecified atom stereocenters. The summed E-state index contributed by atoms with van der Waals surface area (Å²) in [5.41, 5.74) is 2.08. The highest BCUT2D eigenvalue weighted by atomic mass is 32.2. The lowest BCUT2D eigenvalue weighted by molar-refractivity contribution is 0.102. The van der Waals surface area contributed by atoms with Crippen molar-refractivity contribution in [3.05, 3.63) is 82.0 Å². The molecule has 5 nitrogen and oxygen atoms in total. The van der Waals surface area contributed by atoms with E-state index in [1.807, 2.05) is 41.8 Å². The lowest BCUT2D eigenvalue weighted by Gasteiger charge is -2.11. The van der Waals surface area contributed by atoms with E-state index in [-0.39, 0.29) is 22.9 Å². The number of hydrogen-bond donors (Lipinski definition) is 2. The molecule has 0 saturated carbocycles. The molecule has 2 N–H and O–H groups in total. The monoisotopic (exact) mass is 414 g/mol. The number of anilines is 1. The van der Waals surface area contributed by atoms with Crippen LogP contribution in [0.3, 0.4) is 0 Å². The van der Waals surface area contributed by atoms with Gasteiger partial charge in [0.15, 0.2) is 0 Å². The van der Waals surface area contributed by atoms with Crippen molar-refractivity contribution < 1.29 is 13.2 Å². The van der Waals surface area contributed by atoms with Crippen LogP contribution >= 0.6 is 11.3 Å². The maximum absolute atomic E-state index is 12.6. The molecule has 7 heteroatoms. The van der Waals surface area contributed by atoms with Crippen LogP contribution in [0.15, 0.2) is 70.9 Å². The third-order valence-electron chi connectivity index (χ3n) is 4.23. The smallest absolute Gasteiger partial charge is 0.255 e. The summed E-state index contributed by atoms with van der Waals surface area (Å²) in [6, 6.07) is 17.4. The Balaban J connectivity index is 1.75. The second-order valence-electron chi connectivity index (χ2n) is 6.67. The van der Waals surface area contributed by atoms with Crippen molar-refractivity contribution in [3.8, 4) is 0 Å². The van der Waals surface area contributed by atoms with E-state index in [4.69, 9.17) is 0 Å². The van der Waals surface area contributed by atoms with Crippen molar-refractivity contribution in [2.75, 3.05) is 5.32 Å². The number of carbonyl (C=O) groups excluding carboxylic acids is 1. The summed E-state index contributed by atoms with van der Waals surface area (Å²) in [7, 11) is -3.71. The van der Waals surface area contributed by atoms with E-state index >= 15 is 0 Å². The van der Waals surface area contributed by atoms with E-state index < -0.39 is 10.0 Å². The molecular formula is C21H22N2O3S2. The molecule has 1 aromatic heterocycles. The summed E-state index contributed by atoms with van der Waals surface area (Å²) in [5, 5.41) is 4.73. The molecule has 0 saturated heterocycles. The first-order chi connectivity index (χ1) is 13.3. The van der Waals surface area contributed by atoms with Gasteiger partial charge in [0.1, 0.15) is 0 Å². The van der Waals surface area contributed by atoms with Gasteiger partial charge in [-0.15, -0.1) is 11.3 Å².